The van der Waals surface area contributed by atoms with Crippen molar-refractivity contribution in [3.8, 4) is 5.75 Å². The first-order chi connectivity index (χ1) is 11.3. The van der Waals surface area contributed by atoms with Crippen molar-refractivity contribution in [1.82, 2.24) is 4.90 Å². The standard InChI is InChI=1S/C21H25NO.ClH/c1-17-15-20-16-21(23-2)11-10-19(20)12-14-22(17)13-6-9-18-7-4-3-5-8-18;/h3-11,16-17H,12-15H2,1-2H3;1H. The van der Waals surface area contributed by atoms with Crippen LogP contribution in [-0.4, -0.2) is 31.1 Å². The lowest BCUT2D eigenvalue weighted by molar-refractivity contribution is 0.240. The summed E-state index contributed by atoms with van der Waals surface area (Å²) in [5.41, 5.74) is 4.17. The summed E-state index contributed by atoms with van der Waals surface area (Å²) < 4.78 is 5.37. The van der Waals surface area contributed by atoms with Crippen molar-refractivity contribution in [1.29, 1.82) is 0 Å². The minimum Gasteiger partial charge on any atom is -0.497 e. The van der Waals surface area contributed by atoms with Crippen LogP contribution in [0.4, 0.5) is 0 Å². The van der Waals surface area contributed by atoms with Crippen LogP contribution >= 0.6 is 12.4 Å². The molecule has 0 radical (unpaired) electrons. The lowest BCUT2D eigenvalue weighted by Gasteiger charge is -2.25. The van der Waals surface area contributed by atoms with Crippen LogP contribution in [-0.2, 0) is 12.8 Å². The van der Waals surface area contributed by atoms with Crippen LogP contribution in [0.2, 0.25) is 0 Å². The Morgan fingerprint density at radius 2 is 1.92 bits per heavy atom. The van der Waals surface area contributed by atoms with Crippen molar-refractivity contribution < 1.29 is 4.74 Å². The van der Waals surface area contributed by atoms with Crippen LogP contribution < -0.4 is 4.74 Å². The van der Waals surface area contributed by atoms with Crippen LogP contribution in [0.15, 0.2) is 54.6 Å². The Balaban J connectivity index is 0.00000208. The fourth-order valence-corrected chi connectivity index (χ4v) is 3.25. The van der Waals surface area contributed by atoms with E-state index >= 15 is 0 Å². The molecule has 0 aromatic heterocycles. The first-order valence-electron chi connectivity index (χ1n) is 8.37. The molecule has 3 rings (SSSR count). The van der Waals surface area contributed by atoms with E-state index in [9.17, 15) is 0 Å². The second kappa shape index (κ2) is 8.91. The minimum atomic E-state index is 0. The molecule has 1 unspecified atom stereocenters. The first kappa shape index (κ1) is 18.6. The van der Waals surface area contributed by atoms with Gasteiger partial charge in [0.2, 0.25) is 0 Å². The van der Waals surface area contributed by atoms with Crippen molar-refractivity contribution >= 4 is 18.5 Å². The number of ether oxygens (including phenoxy) is 1. The molecule has 1 atom stereocenters. The van der Waals surface area contributed by atoms with Gasteiger partial charge in [0.15, 0.2) is 0 Å². The topological polar surface area (TPSA) is 12.5 Å². The maximum Gasteiger partial charge on any atom is 0.119 e. The predicted octanol–water partition coefficient (Wildman–Crippen LogP) is 4.62. The molecular weight excluding hydrogens is 318 g/mol. The number of benzene rings is 2. The van der Waals surface area contributed by atoms with Gasteiger partial charge in [-0.3, -0.25) is 4.90 Å². The molecule has 1 heterocycles. The molecule has 0 aliphatic carbocycles. The Kier molecular flexibility index (Phi) is 6.89. The molecule has 1 aliphatic rings. The zero-order valence-electron chi connectivity index (χ0n) is 14.4. The monoisotopic (exact) mass is 343 g/mol. The maximum absolute atomic E-state index is 5.37. The summed E-state index contributed by atoms with van der Waals surface area (Å²) in [4.78, 5) is 2.56. The van der Waals surface area contributed by atoms with E-state index < -0.39 is 0 Å². The van der Waals surface area contributed by atoms with Gasteiger partial charge in [0, 0.05) is 19.1 Å². The number of nitrogens with zero attached hydrogens (tertiary/aromatic N) is 1. The molecule has 0 N–H and O–H groups in total. The van der Waals surface area contributed by atoms with Gasteiger partial charge in [-0.25, -0.2) is 0 Å². The van der Waals surface area contributed by atoms with E-state index in [2.05, 4.69) is 72.5 Å². The zero-order chi connectivity index (χ0) is 16.1. The van der Waals surface area contributed by atoms with E-state index in [1.54, 1.807) is 7.11 Å². The van der Waals surface area contributed by atoms with E-state index in [1.807, 2.05) is 0 Å². The summed E-state index contributed by atoms with van der Waals surface area (Å²) in [6.07, 6.45) is 6.70. The second-order valence-electron chi connectivity index (χ2n) is 6.25. The van der Waals surface area contributed by atoms with E-state index in [0.717, 1.165) is 31.7 Å². The lowest BCUT2D eigenvalue weighted by Crippen LogP contribution is -2.34. The normalized spacial score (nSPS) is 17.8. The average molecular weight is 344 g/mol. The number of halogens is 1. The van der Waals surface area contributed by atoms with E-state index in [-0.39, 0.29) is 12.4 Å². The average Bonchev–Trinajstić information content (AvgIpc) is 2.74. The van der Waals surface area contributed by atoms with Gasteiger partial charge in [-0.15, -0.1) is 12.4 Å². The van der Waals surface area contributed by atoms with Gasteiger partial charge in [0.05, 0.1) is 7.11 Å². The van der Waals surface area contributed by atoms with Gasteiger partial charge in [-0.2, -0.15) is 0 Å². The van der Waals surface area contributed by atoms with Crippen molar-refractivity contribution in [3.05, 3.63) is 71.3 Å². The van der Waals surface area contributed by atoms with Gasteiger partial charge >= 0.3 is 0 Å². The minimum absolute atomic E-state index is 0. The van der Waals surface area contributed by atoms with Crippen molar-refractivity contribution in [2.45, 2.75) is 25.8 Å². The highest BCUT2D eigenvalue weighted by molar-refractivity contribution is 5.85. The molecule has 24 heavy (non-hydrogen) atoms. The molecule has 2 aromatic rings. The van der Waals surface area contributed by atoms with Crippen LogP contribution in [0.25, 0.3) is 6.08 Å². The number of hydrogen-bond acceptors (Lipinski definition) is 2. The molecule has 2 nitrogen and oxygen atoms in total. The van der Waals surface area contributed by atoms with Gasteiger partial charge in [-0.1, -0.05) is 48.6 Å². The molecule has 2 aromatic carbocycles. The SMILES string of the molecule is COc1ccc2c(c1)CC(C)N(CC=Cc1ccccc1)CC2.Cl. The Morgan fingerprint density at radius 3 is 2.67 bits per heavy atom. The molecule has 3 heteroatoms. The van der Waals surface area contributed by atoms with Crippen molar-refractivity contribution in [2.24, 2.45) is 0 Å². The predicted molar refractivity (Wildman–Crippen MR) is 104 cm³/mol. The number of rotatable bonds is 4. The largest absolute Gasteiger partial charge is 0.497 e. The number of hydrogen-bond donors (Lipinski definition) is 0. The molecule has 0 saturated carbocycles. The van der Waals surface area contributed by atoms with E-state index in [1.165, 1.54) is 16.7 Å². The van der Waals surface area contributed by atoms with E-state index in [4.69, 9.17) is 4.74 Å². The zero-order valence-corrected chi connectivity index (χ0v) is 15.3. The lowest BCUT2D eigenvalue weighted by atomic mass is 10.0. The quantitative estimate of drug-likeness (QED) is 0.803. The fraction of sp³-hybridized carbons (Fsp3) is 0.333. The maximum atomic E-state index is 5.37. The molecule has 1 aliphatic heterocycles. The summed E-state index contributed by atoms with van der Waals surface area (Å²) in [5.74, 6) is 0.966. The highest BCUT2D eigenvalue weighted by Gasteiger charge is 2.19. The molecule has 0 amide bonds. The molecular formula is C21H26ClNO. The van der Waals surface area contributed by atoms with Crippen LogP contribution in [0.5, 0.6) is 5.75 Å². The third-order valence-electron chi connectivity index (χ3n) is 4.67. The fourth-order valence-electron chi connectivity index (χ4n) is 3.25. The molecule has 0 fully saturated rings. The van der Waals surface area contributed by atoms with Gasteiger partial charge < -0.3 is 4.74 Å². The summed E-state index contributed by atoms with van der Waals surface area (Å²) in [7, 11) is 1.74. The van der Waals surface area contributed by atoms with Gasteiger partial charge in [-0.05, 0) is 48.6 Å². The Hall–Kier alpha value is -1.77. The van der Waals surface area contributed by atoms with Crippen molar-refractivity contribution in [2.75, 3.05) is 20.2 Å². The summed E-state index contributed by atoms with van der Waals surface area (Å²) in [6, 6.07) is 17.6. The first-order valence-corrected chi connectivity index (χ1v) is 8.37. The Labute approximate surface area is 151 Å². The van der Waals surface area contributed by atoms with Crippen molar-refractivity contribution in [3.63, 3.8) is 0 Å². The van der Waals surface area contributed by atoms with E-state index in [0.29, 0.717) is 6.04 Å². The smallest absolute Gasteiger partial charge is 0.119 e. The number of methoxy groups -OCH3 is 1. The Morgan fingerprint density at radius 1 is 1.12 bits per heavy atom. The summed E-state index contributed by atoms with van der Waals surface area (Å²) >= 11 is 0. The molecule has 0 spiro atoms. The molecule has 0 bridgehead atoms. The summed E-state index contributed by atoms with van der Waals surface area (Å²) in [6.45, 7) is 4.44. The second-order valence-corrected chi connectivity index (χ2v) is 6.25. The van der Waals surface area contributed by atoms with Gasteiger partial charge in [0.1, 0.15) is 5.75 Å². The molecule has 128 valence electrons. The van der Waals surface area contributed by atoms with Crippen LogP contribution in [0, 0.1) is 0 Å². The Bertz CT molecular complexity index is 669. The van der Waals surface area contributed by atoms with Crippen LogP contribution in [0.3, 0.4) is 0 Å². The summed E-state index contributed by atoms with van der Waals surface area (Å²) in [5, 5.41) is 0. The third kappa shape index (κ3) is 4.62. The number of fused-ring (bicyclic) bond motifs is 1. The highest BCUT2D eigenvalue weighted by Crippen LogP contribution is 2.24. The van der Waals surface area contributed by atoms with Crippen LogP contribution in [0.1, 0.15) is 23.6 Å². The molecule has 0 saturated heterocycles. The highest BCUT2D eigenvalue weighted by atomic mass is 35.5. The third-order valence-corrected chi connectivity index (χ3v) is 4.67. The van der Waals surface area contributed by atoms with Gasteiger partial charge in [0.25, 0.3) is 0 Å².